The summed E-state index contributed by atoms with van der Waals surface area (Å²) in [4.78, 5) is 12.2. The second kappa shape index (κ2) is 10.1. The normalized spacial score (nSPS) is 18.0. The zero-order chi connectivity index (χ0) is 29.7. The van der Waals surface area contributed by atoms with E-state index < -0.39 is 54.7 Å². The molecule has 40 heavy (non-hydrogen) atoms. The highest BCUT2D eigenvalue weighted by Gasteiger charge is 2.44. The number of alkyl halides is 6. The average Bonchev–Trinajstić information content (AvgIpc) is 3.21. The highest BCUT2D eigenvalue weighted by atomic mass is 35.5. The molecule has 0 fully saturated rings. The van der Waals surface area contributed by atoms with Crippen molar-refractivity contribution >= 4 is 38.9 Å². The van der Waals surface area contributed by atoms with Gasteiger partial charge in [-0.3, -0.25) is 0 Å². The van der Waals surface area contributed by atoms with Gasteiger partial charge in [0.15, 0.2) is 9.84 Å². The second-order valence-electron chi connectivity index (χ2n) is 9.31. The number of nitrogens with one attached hydrogen (secondary N) is 1. The van der Waals surface area contributed by atoms with Gasteiger partial charge in [0.25, 0.3) is 0 Å². The van der Waals surface area contributed by atoms with Crippen LogP contribution in [-0.2, 0) is 27.6 Å². The van der Waals surface area contributed by atoms with Gasteiger partial charge in [0, 0.05) is 17.5 Å². The lowest BCUT2D eigenvalue weighted by atomic mass is 9.76. The van der Waals surface area contributed by atoms with Gasteiger partial charge in [-0.05, 0) is 42.8 Å². The van der Waals surface area contributed by atoms with Crippen molar-refractivity contribution in [1.29, 1.82) is 0 Å². The van der Waals surface area contributed by atoms with E-state index in [1.807, 2.05) is 0 Å². The lowest BCUT2D eigenvalue weighted by Gasteiger charge is -2.27. The molecule has 6 nitrogen and oxygen atoms in total. The van der Waals surface area contributed by atoms with Gasteiger partial charge in [0.1, 0.15) is 0 Å². The molecule has 212 valence electrons. The molecule has 3 aromatic rings. The Kier molecular flexibility index (Phi) is 7.43. The van der Waals surface area contributed by atoms with Crippen molar-refractivity contribution in [1.82, 2.24) is 5.01 Å². The number of hydrazone groups is 1. The number of sulfone groups is 1. The molecule has 14 heteroatoms. The fourth-order valence-corrected chi connectivity index (χ4v) is 5.60. The van der Waals surface area contributed by atoms with Crippen LogP contribution in [0.2, 0.25) is 5.02 Å². The Balaban J connectivity index is 1.73. The minimum absolute atomic E-state index is 0.101. The smallest absolute Gasteiger partial charge is 0.306 e. The number of hydrogen-bond acceptors (Lipinski definition) is 4. The van der Waals surface area contributed by atoms with E-state index in [9.17, 15) is 39.6 Å². The van der Waals surface area contributed by atoms with Crippen LogP contribution < -0.4 is 5.32 Å². The summed E-state index contributed by atoms with van der Waals surface area (Å²) in [5.74, 6) is 0. The fourth-order valence-electron chi connectivity index (χ4n) is 4.39. The SMILES string of the molecule is CC1(c2ccccc2)CN(C(=O)Nc2ccc(C(F)(F)F)c(S(C)(=O)=O)c2)N=C1c1ccc(C(F)(F)F)c(Cl)c1. The number of rotatable bonds is 4. The summed E-state index contributed by atoms with van der Waals surface area (Å²) in [6.45, 7) is 1.62. The van der Waals surface area contributed by atoms with Gasteiger partial charge in [-0.15, -0.1) is 0 Å². The van der Waals surface area contributed by atoms with Crippen LogP contribution in [0.1, 0.15) is 29.2 Å². The zero-order valence-electron chi connectivity index (χ0n) is 20.7. The van der Waals surface area contributed by atoms with E-state index in [0.717, 1.165) is 23.2 Å². The van der Waals surface area contributed by atoms with Gasteiger partial charge in [-0.2, -0.15) is 31.4 Å². The summed E-state index contributed by atoms with van der Waals surface area (Å²) in [6.07, 6.45) is -9.02. The summed E-state index contributed by atoms with van der Waals surface area (Å²) in [6, 6.07) is 13.0. The Labute approximate surface area is 230 Å². The van der Waals surface area contributed by atoms with E-state index in [1.54, 1.807) is 37.3 Å². The quantitative estimate of drug-likeness (QED) is 0.327. The first kappa shape index (κ1) is 29.4. The molecular formula is C26H20ClF6N3O3S. The number of benzene rings is 3. The van der Waals surface area contributed by atoms with Crippen molar-refractivity contribution in [2.24, 2.45) is 5.10 Å². The molecule has 0 spiro atoms. The minimum Gasteiger partial charge on any atom is -0.306 e. The highest BCUT2D eigenvalue weighted by Crippen LogP contribution is 2.40. The molecule has 1 aliphatic rings. The van der Waals surface area contributed by atoms with Crippen molar-refractivity contribution in [2.45, 2.75) is 29.6 Å². The predicted octanol–water partition coefficient (Wildman–Crippen LogP) is 6.99. The molecule has 0 bridgehead atoms. The number of halogens is 7. The summed E-state index contributed by atoms with van der Waals surface area (Å²) in [5.41, 5.74) is -2.58. The Hall–Kier alpha value is -3.58. The summed E-state index contributed by atoms with van der Waals surface area (Å²) < 4.78 is 104. The van der Waals surface area contributed by atoms with Gasteiger partial charge in [0.2, 0.25) is 0 Å². The molecule has 2 amide bonds. The number of urea groups is 1. The lowest BCUT2D eigenvalue weighted by molar-refractivity contribution is -0.140. The average molecular weight is 604 g/mol. The van der Waals surface area contributed by atoms with Gasteiger partial charge in [-0.25, -0.2) is 18.2 Å². The number of anilines is 1. The maximum Gasteiger partial charge on any atom is 0.417 e. The molecule has 0 aromatic heterocycles. The third-order valence-corrected chi connectivity index (χ3v) is 7.79. The van der Waals surface area contributed by atoms with Crippen molar-refractivity contribution in [3.05, 3.63) is 94.0 Å². The number of nitrogens with zero attached hydrogens (tertiary/aromatic N) is 2. The van der Waals surface area contributed by atoms with E-state index in [2.05, 4.69) is 10.4 Å². The molecule has 1 aliphatic heterocycles. The Morgan fingerprint density at radius 2 is 1.55 bits per heavy atom. The number of hydrogen-bond donors (Lipinski definition) is 1. The van der Waals surface area contributed by atoms with Gasteiger partial charge in [-0.1, -0.05) is 48.0 Å². The van der Waals surface area contributed by atoms with Crippen LogP contribution in [0.5, 0.6) is 0 Å². The Morgan fingerprint density at radius 1 is 0.950 bits per heavy atom. The first-order chi connectivity index (χ1) is 18.4. The topological polar surface area (TPSA) is 78.8 Å². The van der Waals surface area contributed by atoms with Gasteiger partial charge < -0.3 is 5.32 Å². The lowest BCUT2D eigenvalue weighted by Crippen LogP contribution is -2.38. The Bertz CT molecular complexity index is 1610. The molecule has 1 atom stereocenters. The highest BCUT2D eigenvalue weighted by molar-refractivity contribution is 7.90. The first-order valence-corrected chi connectivity index (χ1v) is 13.7. The van der Waals surface area contributed by atoms with Gasteiger partial charge in [0.05, 0.1) is 38.7 Å². The minimum atomic E-state index is -4.95. The maximum absolute atomic E-state index is 13.3. The maximum atomic E-state index is 13.3. The van der Waals surface area contributed by atoms with E-state index in [0.29, 0.717) is 24.0 Å². The van der Waals surface area contributed by atoms with Crippen molar-refractivity contribution in [3.63, 3.8) is 0 Å². The van der Waals surface area contributed by atoms with E-state index in [-0.39, 0.29) is 23.5 Å². The van der Waals surface area contributed by atoms with Crippen molar-refractivity contribution in [3.8, 4) is 0 Å². The molecule has 0 radical (unpaired) electrons. The van der Waals surface area contributed by atoms with Crippen LogP contribution in [0.25, 0.3) is 0 Å². The fraction of sp³-hybridized carbons (Fsp3) is 0.231. The molecule has 1 N–H and O–H groups in total. The third kappa shape index (κ3) is 5.80. The summed E-state index contributed by atoms with van der Waals surface area (Å²) in [5, 5.41) is 7.09. The number of carbonyl (C=O) groups excluding carboxylic acids is 1. The van der Waals surface area contributed by atoms with Crippen LogP contribution >= 0.6 is 11.6 Å². The standard InChI is InChI=1S/C26H20ClF6N3O3S/c1-24(16-6-4-3-5-7-16)14-36(35-22(24)15-8-10-18(20(27)12-15)25(28,29)30)23(37)34-17-9-11-19(26(31,32)33)21(13-17)40(2,38)39/h3-13H,14H2,1-2H3,(H,34,37). The number of carbonyl (C=O) groups is 1. The van der Waals surface area contributed by atoms with Crippen LogP contribution in [0, 0.1) is 0 Å². The van der Waals surface area contributed by atoms with Crippen molar-refractivity contribution in [2.75, 3.05) is 18.1 Å². The molecule has 0 saturated carbocycles. The molecular weight excluding hydrogens is 584 g/mol. The van der Waals surface area contributed by atoms with Gasteiger partial charge >= 0.3 is 18.4 Å². The molecule has 1 heterocycles. The third-order valence-electron chi connectivity index (χ3n) is 6.34. The van der Waals surface area contributed by atoms with Crippen LogP contribution in [0.4, 0.5) is 36.8 Å². The van der Waals surface area contributed by atoms with E-state index in [1.165, 1.54) is 6.07 Å². The van der Waals surface area contributed by atoms with Crippen LogP contribution in [0.3, 0.4) is 0 Å². The predicted molar refractivity (Wildman–Crippen MR) is 137 cm³/mol. The second-order valence-corrected chi connectivity index (χ2v) is 11.7. The molecule has 3 aromatic carbocycles. The van der Waals surface area contributed by atoms with Crippen molar-refractivity contribution < 1.29 is 39.6 Å². The first-order valence-electron chi connectivity index (χ1n) is 11.4. The molecule has 0 aliphatic carbocycles. The van der Waals surface area contributed by atoms with E-state index >= 15 is 0 Å². The van der Waals surface area contributed by atoms with E-state index in [4.69, 9.17) is 11.6 Å². The van der Waals surface area contributed by atoms with Crippen LogP contribution in [-0.4, -0.2) is 38.0 Å². The zero-order valence-corrected chi connectivity index (χ0v) is 22.3. The monoisotopic (exact) mass is 603 g/mol. The largest absolute Gasteiger partial charge is 0.417 e. The Morgan fingerprint density at radius 3 is 2.10 bits per heavy atom. The molecule has 0 saturated heterocycles. The van der Waals surface area contributed by atoms with Crippen LogP contribution in [0.15, 0.2) is 76.7 Å². The summed E-state index contributed by atoms with van der Waals surface area (Å²) >= 11 is 5.94. The summed E-state index contributed by atoms with van der Waals surface area (Å²) in [7, 11) is -4.32. The molecule has 4 rings (SSSR count). The molecule has 1 unspecified atom stereocenters. The number of amides is 2.